The maximum Gasteiger partial charge on any atom is 0.227 e. The van der Waals surface area contributed by atoms with Gasteiger partial charge in [0.05, 0.1) is 24.9 Å². The molecule has 0 N–H and O–H groups in total. The molecule has 2 aromatic rings. The molecule has 2 saturated heterocycles. The Morgan fingerprint density at radius 3 is 2.41 bits per heavy atom. The quantitative estimate of drug-likeness (QED) is 0.596. The van der Waals surface area contributed by atoms with Crippen molar-refractivity contribution in [3.63, 3.8) is 0 Å². The number of nitrogens with zero attached hydrogens (tertiary/aromatic N) is 5. The van der Waals surface area contributed by atoms with Crippen molar-refractivity contribution >= 4 is 5.95 Å². The van der Waals surface area contributed by atoms with Gasteiger partial charge in [0.1, 0.15) is 5.82 Å². The first-order valence-electron chi connectivity index (χ1n) is 12.3. The minimum Gasteiger partial charge on any atom is -0.375 e. The number of anilines is 1. The van der Waals surface area contributed by atoms with Crippen LogP contribution >= 0.6 is 0 Å². The minimum atomic E-state index is 0.228. The summed E-state index contributed by atoms with van der Waals surface area (Å²) < 4.78 is 14.0. The molecule has 2 aliphatic heterocycles. The Morgan fingerprint density at radius 1 is 0.875 bits per heavy atom. The number of aromatic nitrogens is 3. The van der Waals surface area contributed by atoms with Crippen LogP contribution in [-0.2, 0) is 28.9 Å². The van der Waals surface area contributed by atoms with Gasteiger partial charge in [-0.2, -0.15) is 0 Å². The molecule has 0 bridgehead atoms. The standard InChI is InChI=1S/C25H39N5O2/c1-20-19-29(15-16-31-20)25-27-26-24(12-7-11-23-9-5-4-6-10-23)30(25)14-8-13-28-17-21(2)32-22(3)18-28/h4-6,9-10,20-22H,7-8,11-19H2,1-3H3. The lowest BCUT2D eigenvalue weighted by Gasteiger charge is -2.35. The molecule has 4 rings (SSSR count). The summed E-state index contributed by atoms with van der Waals surface area (Å²) in [4.78, 5) is 4.88. The average Bonchev–Trinajstić information content (AvgIpc) is 3.17. The lowest BCUT2D eigenvalue weighted by molar-refractivity contribution is -0.0682. The van der Waals surface area contributed by atoms with Gasteiger partial charge < -0.3 is 14.4 Å². The molecule has 0 amide bonds. The summed E-state index contributed by atoms with van der Waals surface area (Å²) in [5.41, 5.74) is 1.39. The fourth-order valence-corrected chi connectivity index (χ4v) is 4.99. The van der Waals surface area contributed by atoms with Gasteiger partial charge in [-0.15, -0.1) is 10.2 Å². The van der Waals surface area contributed by atoms with Crippen LogP contribution in [0.4, 0.5) is 5.95 Å². The lowest BCUT2D eigenvalue weighted by Crippen LogP contribution is -2.45. The van der Waals surface area contributed by atoms with Crippen LogP contribution < -0.4 is 4.90 Å². The highest BCUT2D eigenvalue weighted by molar-refractivity contribution is 5.32. The molecule has 2 aliphatic rings. The summed E-state index contributed by atoms with van der Waals surface area (Å²) in [6, 6.07) is 10.7. The van der Waals surface area contributed by atoms with Crippen LogP contribution in [-0.4, -0.2) is 77.3 Å². The monoisotopic (exact) mass is 441 g/mol. The molecule has 3 unspecified atom stereocenters. The molecule has 0 spiro atoms. The summed E-state index contributed by atoms with van der Waals surface area (Å²) >= 11 is 0. The van der Waals surface area contributed by atoms with E-state index in [4.69, 9.17) is 9.47 Å². The smallest absolute Gasteiger partial charge is 0.227 e. The van der Waals surface area contributed by atoms with E-state index in [-0.39, 0.29) is 6.10 Å². The van der Waals surface area contributed by atoms with Crippen LogP contribution in [0.1, 0.15) is 45.0 Å². The van der Waals surface area contributed by atoms with Crippen LogP contribution in [0.25, 0.3) is 0 Å². The molecule has 1 aromatic heterocycles. The third-order valence-corrected chi connectivity index (χ3v) is 6.39. The summed E-state index contributed by atoms with van der Waals surface area (Å²) in [5, 5.41) is 9.27. The first-order chi connectivity index (χ1) is 15.6. The molecule has 7 heteroatoms. The third-order valence-electron chi connectivity index (χ3n) is 6.39. The normalized spacial score (nSPS) is 24.7. The van der Waals surface area contributed by atoms with Crippen molar-refractivity contribution in [1.82, 2.24) is 19.7 Å². The van der Waals surface area contributed by atoms with Gasteiger partial charge >= 0.3 is 0 Å². The molecule has 0 radical (unpaired) electrons. The van der Waals surface area contributed by atoms with Gasteiger partial charge in [0.15, 0.2) is 0 Å². The Bertz CT molecular complexity index is 817. The second kappa shape index (κ2) is 11.3. The van der Waals surface area contributed by atoms with E-state index in [1.165, 1.54) is 5.56 Å². The van der Waals surface area contributed by atoms with Gasteiger partial charge in [-0.25, -0.2) is 0 Å². The van der Waals surface area contributed by atoms with Crippen molar-refractivity contribution in [3.8, 4) is 0 Å². The molecule has 7 nitrogen and oxygen atoms in total. The molecular weight excluding hydrogens is 402 g/mol. The van der Waals surface area contributed by atoms with Crippen molar-refractivity contribution in [3.05, 3.63) is 41.7 Å². The summed E-state index contributed by atoms with van der Waals surface area (Å²) in [6.45, 7) is 13.1. The van der Waals surface area contributed by atoms with Gasteiger partial charge in [0.25, 0.3) is 0 Å². The van der Waals surface area contributed by atoms with Crippen molar-refractivity contribution in [2.45, 2.75) is 71.3 Å². The van der Waals surface area contributed by atoms with Gasteiger partial charge in [-0.1, -0.05) is 30.3 Å². The van der Waals surface area contributed by atoms with Crippen molar-refractivity contribution in [2.24, 2.45) is 0 Å². The zero-order valence-electron chi connectivity index (χ0n) is 19.9. The lowest BCUT2D eigenvalue weighted by atomic mass is 10.1. The first kappa shape index (κ1) is 23.2. The predicted molar refractivity (Wildman–Crippen MR) is 127 cm³/mol. The van der Waals surface area contributed by atoms with Gasteiger partial charge in [0.2, 0.25) is 5.95 Å². The van der Waals surface area contributed by atoms with Crippen LogP contribution in [0.5, 0.6) is 0 Å². The number of ether oxygens (including phenoxy) is 2. The van der Waals surface area contributed by atoms with Crippen LogP contribution in [0.2, 0.25) is 0 Å². The molecule has 0 saturated carbocycles. The second-order valence-corrected chi connectivity index (χ2v) is 9.40. The number of benzene rings is 1. The number of hydrogen-bond acceptors (Lipinski definition) is 6. The Labute approximate surface area is 192 Å². The van der Waals surface area contributed by atoms with Gasteiger partial charge in [0, 0.05) is 45.7 Å². The highest BCUT2D eigenvalue weighted by Gasteiger charge is 2.24. The van der Waals surface area contributed by atoms with E-state index in [1.54, 1.807) is 0 Å². The van der Waals surface area contributed by atoms with Crippen molar-refractivity contribution in [1.29, 1.82) is 0 Å². The van der Waals surface area contributed by atoms with E-state index in [1.807, 2.05) is 0 Å². The number of aryl methyl sites for hydroxylation is 2. The summed E-state index contributed by atoms with van der Waals surface area (Å²) in [7, 11) is 0. The fourth-order valence-electron chi connectivity index (χ4n) is 4.99. The number of morpholine rings is 2. The second-order valence-electron chi connectivity index (χ2n) is 9.40. The Balaban J connectivity index is 1.40. The predicted octanol–water partition coefficient (Wildman–Crippen LogP) is 3.18. The molecular formula is C25H39N5O2. The zero-order valence-corrected chi connectivity index (χ0v) is 19.9. The van der Waals surface area contributed by atoms with Crippen molar-refractivity contribution in [2.75, 3.05) is 44.2 Å². The van der Waals surface area contributed by atoms with E-state index in [0.29, 0.717) is 12.2 Å². The van der Waals surface area contributed by atoms with E-state index >= 15 is 0 Å². The Hall–Kier alpha value is -1.96. The molecule has 32 heavy (non-hydrogen) atoms. The minimum absolute atomic E-state index is 0.228. The maximum atomic E-state index is 5.89. The number of hydrogen-bond donors (Lipinski definition) is 0. The van der Waals surface area contributed by atoms with E-state index in [0.717, 1.165) is 83.3 Å². The summed E-state index contributed by atoms with van der Waals surface area (Å²) in [5.74, 6) is 2.12. The third kappa shape index (κ3) is 6.30. The van der Waals surface area contributed by atoms with E-state index in [2.05, 4.69) is 75.7 Å². The molecule has 1 aromatic carbocycles. The van der Waals surface area contributed by atoms with Crippen LogP contribution in [0.15, 0.2) is 30.3 Å². The Kier molecular flexibility index (Phi) is 8.16. The number of rotatable bonds is 9. The molecule has 3 atom stereocenters. The van der Waals surface area contributed by atoms with Crippen molar-refractivity contribution < 1.29 is 9.47 Å². The van der Waals surface area contributed by atoms with Crippen LogP contribution in [0.3, 0.4) is 0 Å². The van der Waals surface area contributed by atoms with Gasteiger partial charge in [-0.3, -0.25) is 9.47 Å². The zero-order chi connectivity index (χ0) is 22.3. The summed E-state index contributed by atoms with van der Waals surface area (Å²) in [6.07, 6.45) is 5.05. The highest BCUT2D eigenvalue weighted by atomic mass is 16.5. The largest absolute Gasteiger partial charge is 0.375 e. The molecule has 2 fully saturated rings. The van der Waals surface area contributed by atoms with Gasteiger partial charge in [-0.05, 0) is 45.6 Å². The average molecular weight is 442 g/mol. The highest BCUT2D eigenvalue weighted by Crippen LogP contribution is 2.20. The molecule has 0 aliphatic carbocycles. The molecule has 176 valence electrons. The SMILES string of the molecule is CC1CN(c2nnc(CCCc3ccccc3)n2CCCN2CC(C)OC(C)C2)CCO1. The molecule has 3 heterocycles. The maximum absolute atomic E-state index is 5.89. The van der Waals surface area contributed by atoms with Crippen LogP contribution in [0, 0.1) is 0 Å². The first-order valence-corrected chi connectivity index (χ1v) is 12.3. The fraction of sp³-hybridized carbons (Fsp3) is 0.680. The Morgan fingerprint density at radius 2 is 1.66 bits per heavy atom. The van der Waals surface area contributed by atoms with E-state index in [9.17, 15) is 0 Å². The topological polar surface area (TPSA) is 55.7 Å². The van der Waals surface area contributed by atoms with E-state index < -0.39 is 0 Å².